The van der Waals surface area contributed by atoms with Crippen molar-refractivity contribution in [1.29, 1.82) is 0 Å². The molecule has 0 aromatic carbocycles. The second kappa shape index (κ2) is 3.70. The zero-order valence-corrected chi connectivity index (χ0v) is 9.36. The number of thiophene rings is 1. The van der Waals surface area contributed by atoms with Gasteiger partial charge in [-0.2, -0.15) is 0 Å². The van der Waals surface area contributed by atoms with E-state index < -0.39 is 0 Å². The summed E-state index contributed by atoms with van der Waals surface area (Å²) in [5.41, 5.74) is 1.22. The second-order valence-electron chi connectivity index (χ2n) is 4.01. The third-order valence-electron chi connectivity index (χ3n) is 2.59. The lowest BCUT2D eigenvalue weighted by Crippen LogP contribution is -2.10. The van der Waals surface area contributed by atoms with Gasteiger partial charge in [0.1, 0.15) is 0 Å². The Kier molecular flexibility index (Phi) is 2.55. The molecular weight excluding hydrogens is 192 g/mol. The van der Waals surface area contributed by atoms with E-state index in [1.807, 2.05) is 18.3 Å². The maximum absolute atomic E-state index is 11.4. The highest BCUT2D eigenvalue weighted by Gasteiger charge is 2.21. The summed E-state index contributed by atoms with van der Waals surface area (Å²) in [4.78, 5) is 14.1. The van der Waals surface area contributed by atoms with Gasteiger partial charge in [0, 0.05) is 22.1 Å². The summed E-state index contributed by atoms with van der Waals surface area (Å²) in [5.74, 6) is 0.719. The molecule has 0 N–H and O–H groups in total. The topological polar surface area (TPSA) is 17.1 Å². The molecule has 0 amide bonds. The minimum atomic E-state index is 0.282. The van der Waals surface area contributed by atoms with Crippen LogP contribution in [0.2, 0.25) is 0 Å². The Balaban J connectivity index is 2.21. The molecule has 0 spiro atoms. The van der Waals surface area contributed by atoms with Crippen LogP contribution in [0, 0.1) is 6.92 Å². The highest BCUT2D eigenvalue weighted by atomic mass is 32.1. The second-order valence-corrected chi connectivity index (χ2v) is 5.33. The van der Waals surface area contributed by atoms with Gasteiger partial charge in [-0.05, 0) is 38.5 Å². The van der Waals surface area contributed by atoms with E-state index in [1.165, 1.54) is 15.3 Å². The largest absolute Gasteiger partial charge is 0.295 e. The summed E-state index contributed by atoms with van der Waals surface area (Å²) in [6, 6.07) is 4.30. The quantitative estimate of drug-likeness (QED) is 0.688. The van der Waals surface area contributed by atoms with Crippen molar-refractivity contribution < 1.29 is 4.79 Å². The number of ketones is 1. The Bertz CT molecular complexity index is 387. The zero-order valence-electron chi connectivity index (χ0n) is 8.54. The van der Waals surface area contributed by atoms with Gasteiger partial charge in [-0.3, -0.25) is 4.79 Å². The fourth-order valence-electron chi connectivity index (χ4n) is 1.97. The molecule has 1 aromatic heterocycles. The van der Waals surface area contributed by atoms with Crippen molar-refractivity contribution in [2.45, 2.75) is 32.6 Å². The van der Waals surface area contributed by atoms with Gasteiger partial charge >= 0.3 is 0 Å². The van der Waals surface area contributed by atoms with E-state index in [2.05, 4.69) is 19.1 Å². The maximum Gasteiger partial charge on any atom is 0.156 e. The molecule has 2 rings (SSSR count). The third kappa shape index (κ3) is 1.95. The third-order valence-corrected chi connectivity index (χ3v) is 3.75. The molecule has 0 bridgehead atoms. The number of carbonyl (C=O) groups excluding carboxylic acids is 1. The Morgan fingerprint density at radius 2 is 2.07 bits per heavy atom. The van der Waals surface area contributed by atoms with Crippen molar-refractivity contribution in [2.24, 2.45) is 0 Å². The number of rotatable bonds is 1. The van der Waals surface area contributed by atoms with Crippen molar-refractivity contribution in [3.63, 3.8) is 0 Å². The van der Waals surface area contributed by atoms with Gasteiger partial charge in [0.05, 0.1) is 0 Å². The first-order chi connectivity index (χ1) is 6.65. The molecule has 0 radical (unpaired) electrons. The minimum absolute atomic E-state index is 0.282. The highest BCUT2D eigenvalue weighted by Crippen LogP contribution is 2.34. The van der Waals surface area contributed by atoms with Crippen LogP contribution in [0.1, 0.15) is 35.4 Å². The minimum Gasteiger partial charge on any atom is -0.295 e. The van der Waals surface area contributed by atoms with Crippen molar-refractivity contribution >= 4 is 17.1 Å². The summed E-state index contributed by atoms with van der Waals surface area (Å²) in [5, 5.41) is 0. The molecule has 1 aliphatic carbocycles. The van der Waals surface area contributed by atoms with Gasteiger partial charge in [0.25, 0.3) is 0 Å². The van der Waals surface area contributed by atoms with Gasteiger partial charge in [-0.25, -0.2) is 0 Å². The van der Waals surface area contributed by atoms with Crippen molar-refractivity contribution in [2.75, 3.05) is 0 Å². The molecule has 0 fully saturated rings. The average molecular weight is 206 g/mol. The van der Waals surface area contributed by atoms with Crippen LogP contribution in [0.15, 0.2) is 23.8 Å². The molecule has 1 unspecified atom stereocenters. The van der Waals surface area contributed by atoms with Crippen molar-refractivity contribution in [1.82, 2.24) is 0 Å². The summed E-state index contributed by atoms with van der Waals surface area (Å²) in [6.07, 6.45) is 3.53. The normalized spacial score (nSPS) is 22.3. The highest BCUT2D eigenvalue weighted by molar-refractivity contribution is 7.12. The molecule has 1 nitrogen and oxygen atoms in total. The molecular formula is C12H14OS. The number of hydrogen-bond acceptors (Lipinski definition) is 2. The molecule has 1 aromatic rings. The lowest BCUT2D eigenvalue weighted by Gasteiger charge is -2.18. The maximum atomic E-state index is 11.4. The van der Waals surface area contributed by atoms with E-state index in [9.17, 15) is 4.79 Å². The molecule has 1 heterocycles. The van der Waals surface area contributed by atoms with Gasteiger partial charge in [0.15, 0.2) is 5.78 Å². The smallest absolute Gasteiger partial charge is 0.156 e. The van der Waals surface area contributed by atoms with Crippen molar-refractivity contribution in [3.8, 4) is 0 Å². The molecule has 74 valence electrons. The van der Waals surface area contributed by atoms with Crippen LogP contribution in [0.5, 0.6) is 0 Å². The Morgan fingerprint density at radius 1 is 1.29 bits per heavy atom. The average Bonchev–Trinajstić information content (AvgIpc) is 2.50. The first-order valence-corrected chi connectivity index (χ1v) is 5.73. The first kappa shape index (κ1) is 9.66. The summed E-state index contributed by atoms with van der Waals surface area (Å²) < 4.78 is 0. The number of hydrogen-bond donors (Lipinski definition) is 0. The van der Waals surface area contributed by atoms with Crippen LogP contribution in [0.3, 0.4) is 0 Å². The molecule has 0 saturated carbocycles. The Labute approximate surface area is 88.5 Å². The predicted molar refractivity (Wildman–Crippen MR) is 59.8 cm³/mol. The number of allylic oxidation sites excluding steroid dienone is 2. The summed E-state index contributed by atoms with van der Waals surface area (Å²) >= 11 is 1.82. The van der Waals surface area contributed by atoms with Gasteiger partial charge in [-0.15, -0.1) is 11.3 Å². The zero-order chi connectivity index (χ0) is 10.1. The number of carbonyl (C=O) groups is 1. The van der Waals surface area contributed by atoms with E-state index in [4.69, 9.17) is 0 Å². The van der Waals surface area contributed by atoms with Gasteiger partial charge in [0.2, 0.25) is 0 Å². The first-order valence-electron chi connectivity index (χ1n) is 4.91. The van der Waals surface area contributed by atoms with Crippen LogP contribution in [0.25, 0.3) is 0 Å². The standard InChI is InChI=1S/C12H14OS/c1-8-5-10(7-11(13)6-8)12-4-3-9(2)14-12/h3-4,6,10H,5,7H2,1-2H3. The van der Waals surface area contributed by atoms with E-state index in [1.54, 1.807) is 6.08 Å². The Morgan fingerprint density at radius 3 is 2.64 bits per heavy atom. The monoisotopic (exact) mass is 206 g/mol. The van der Waals surface area contributed by atoms with Gasteiger partial charge in [-0.1, -0.05) is 5.57 Å². The molecule has 0 aliphatic heterocycles. The summed E-state index contributed by atoms with van der Waals surface area (Å²) in [6.45, 7) is 4.16. The van der Waals surface area contributed by atoms with E-state index in [-0.39, 0.29) is 5.78 Å². The van der Waals surface area contributed by atoms with Crippen molar-refractivity contribution in [3.05, 3.63) is 33.5 Å². The summed E-state index contributed by atoms with van der Waals surface area (Å²) in [7, 11) is 0. The SMILES string of the molecule is CC1=CC(=O)CC(c2ccc(C)s2)C1. The molecule has 1 aliphatic rings. The fraction of sp³-hybridized carbons (Fsp3) is 0.417. The van der Waals surface area contributed by atoms with Gasteiger partial charge < -0.3 is 0 Å². The molecule has 14 heavy (non-hydrogen) atoms. The fourth-order valence-corrected chi connectivity index (χ4v) is 2.95. The van der Waals surface area contributed by atoms with E-state index in [0.29, 0.717) is 12.3 Å². The molecule has 1 atom stereocenters. The number of aryl methyl sites for hydroxylation is 1. The van der Waals surface area contributed by atoms with Crippen LogP contribution in [-0.4, -0.2) is 5.78 Å². The molecule has 2 heteroatoms. The lowest BCUT2D eigenvalue weighted by atomic mass is 9.88. The van der Waals surface area contributed by atoms with Crippen LogP contribution in [0.4, 0.5) is 0 Å². The molecule has 0 saturated heterocycles. The Hall–Kier alpha value is -0.890. The van der Waals surface area contributed by atoms with Crippen LogP contribution < -0.4 is 0 Å². The lowest BCUT2D eigenvalue weighted by molar-refractivity contribution is -0.115. The van der Waals surface area contributed by atoms with E-state index in [0.717, 1.165) is 6.42 Å². The van der Waals surface area contributed by atoms with Crippen LogP contribution >= 0.6 is 11.3 Å². The van der Waals surface area contributed by atoms with E-state index >= 15 is 0 Å². The predicted octanol–water partition coefficient (Wildman–Crippen LogP) is 3.45. The van der Waals surface area contributed by atoms with Crippen LogP contribution in [-0.2, 0) is 4.79 Å².